The number of aromatic hydroxyl groups is 1. The summed E-state index contributed by atoms with van der Waals surface area (Å²) in [4.78, 5) is 39.0. The molecule has 1 heterocycles. The molecule has 0 spiro atoms. The van der Waals surface area contributed by atoms with Gasteiger partial charge in [-0.3, -0.25) is 4.79 Å². The largest absolute Gasteiger partial charge is 0.508 e. The number of rotatable bonds is 8. The second kappa shape index (κ2) is 10.0. The molecule has 172 valence electrons. The Labute approximate surface area is 183 Å². The summed E-state index contributed by atoms with van der Waals surface area (Å²) in [6, 6.07) is 5.94. The predicted molar refractivity (Wildman–Crippen MR) is 116 cm³/mol. The number of carbonyl (C=O) groups is 3. The number of carbonyl (C=O) groups excluding carboxylic acids is 3. The maximum atomic E-state index is 13.3. The predicted octanol–water partition coefficient (Wildman–Crippen LogP) is 3.12. The number of esters is 1. The van der Waals surface area contributed by atoms with Crippen LogP contribution in [0.5, 0.6) is 5.75 Å². The van der Waals surface area contributed by atoms with Crippen LogP contribution in [0.15, 0.2) is 24.3 Å². The highest BCUT2D eigenvalue weighted by molar-refractivity contribution is 5.93. The van der Waals surface area contributed by atoms with Gasteiger partial charge in [0.25, 0.3) is 0 Å². The van der Waals surface area contributed by atoms with Crippen LogP contribution in [0.2, 0.25) is 0 Å². The third-order valence-electron chi connectivity index (χ3n) is 5.51. The number of ether oxygens (including phenoxy) is 2. The number of phenols is 1. The Hall–Kier alpha value is -2.77. The van der Waals surface area contributed by atoms with E-state index < -0.39 is 29.1 Å². The maximum absolute atomic E-state index is 13.3. The van der Waals surface area contributed by atoms with Gasteiger partial charge in [-0.1, -0.05) is 12.1 Å². The van der Waals surface area contributed by atoms with Gasteiger partial charge < -0.3 is 24.8 Å². The van der Waals surface area contributed by atoms with Gasteiger partial charge in [0.2, 0.25) is 5.91 Å². The van der Waals surface area contributed by atoms with Crippen molar-refractivity contribution in [2.45, 2.75) is 70.4 Å². The number of nitrogens with one attached hydrogen (secondary N) is 1. The van der Waals surface area contributed by atoms with Crippen molar-refractivity contribution in [2.75, 3.05) is 20.2 Å². The number of benzene rings is 1. The van der Waals surface area contributed by atoms with E-state index in [1.165, 1.54) is 7.11 Å². The number of alkyl carbamates (subject to hydrolysis) is 1. The van der Waals surface area contributed by atoms with E-state index >= 15 is 0 Å². The molecule has 8 heteroatoms. The van der Waals surface area contributed by atoms with Crippen molar-refractivity contribution in [3.63, 3.8) is 0 Å². The van der Waals surface area contributed by atoms with Crippen LogP contribution in [0, 0.1) is 0 Å². The van der Waals surface area contributed by atoms with Gasteiger partial charge in [0.1, 0.15) is 17.4 Å². The third kappa shape index (κ3) is 6.35. The summed E-state index contributed by atoms with van der Waals surface area (Å²) < 4.78 is 10.2. The number of phenolic OH excluding ortho intramolecular Hbond substituents is 1. The fraction of sp³-hybridized carbons (Fsp3) is 0.609. The molecule has 1 fully saturated rings. The average Bonchev–Trinajstić information content (AvgIpc) is 2.99. The first kappa shape index (κ1) is 24.5. The van der Waals surface area contributed by atoms with Gasteiger partial charge in [-0.05, 0) is 71.1 Å². The molecule has 8 nitrogen and oxygen atoms in total. The summed E-state index contributed by atoms with van der Waals surface area (Å²) in [5.74, 6) is -0.425. The van der Waals surface area contributed by atoms with E-state index in [-0.39, 0.29) is 11.7 Å². The average molecular weight is 435 g/mol. The Bertz CT molecular complexity index is 786. The Balaban J connectivity index is 1.95. The first-order valence-electron chi connectivity index (χ1n) is 10.6. The number of hydrogen-bond donors (Lipinski definition) is 2. The lowest BCUT2D eigenvalue weighted by molar-refractivity contribution is -0.152. The minimum Gasteiger partial charge on any atom is -0.508 e. The SMILES string of the molecule is COC(=O)[C@@H](CCCCNC(=O)OC(C)(C)C)N1CC[C@@](C)(c2ccc(O)cc2)C1=O. The smallest absolute Gasteiger partial charge is 0.407 e. The molecule has 2 N–H and O–H groups in total. The zero-order valence-corrected chi connectivity index (χ0v) is 19.1. The monoisotopic (exact) mass is 434 g/mol. The lowest BCUT2D eigenvalue weighted by Gasteiger charge is -2.29. The number of methoxy groups -OCH3 is 1. The van der Waals surface area contributed by atoms with Gasteiger partial charge in [-0.25, -0.2) is 9.59 Å². The molecule has 0 bridgehead atoms. The molecule has 1 aromatic rings. The second-order valence-corrected chi connectivity index (χ2v) is 9.09. The highest BCUT2D eigenvalue weighted by atomic mass is 16.6. The zero-order valence-electron chi connectivity index (χ0n) is 19.1. The molecular weight excluding hydrogens is 400 g/mol. The number of hydrogen-bond acceptors (Lipinski definition) is 6. The summed E-state index contributed by atoms with van der Waals surface area (Å²) in [5.41, 5.74) is -0.499. The second-order valence-electron chi connectivity index (χ2n) is 9.09. The van der Waals surface area contributed by atoms with Crippen LogP contribution in [0.4, 0.5) is 4.79 Å². The van der Waals surface area contributed by atoms with Gasteiger partial charge in [0.15, 0.2) is 0 Å². The Morgan fingerprint density at radius 3 is 2.45 bits per heavy atom. The molecule has 0 radical (unpaired) electrons. The van der Waals surface area contributed by atoms with E-state index in [4.69, 9.17) is 9.47 Å². The molecule has 1 aromatic carbocycles. The molecular formula is C23H34N2O6. The fourth-order valence-corrected chi connectivity index (χ4v) is 3.77. The van der Waals surface area contributed by atoms with Gasteiger partial charge in [0.05, 0.1) is 12.5 Å². The minimum atomic E-state index is -0.752. The fourth-order valence-electron chi connectivity index (χ4n) is 3.77. The zero-order chi connectivity index (χ0) is 23.2. The topological polar surface area (TPSA) is 105 Å². The number of unbranched alkanes of at least 4 members (excludes halogenated alkanes) is 1. The van der Waals surface area contributed by atoms with Crippen molar-refractivity contribution in [1.82, 2.24) is 10.2 Å². The molecule has 1 saturated heterocycles. The number of amides is 2. The number of nitrogens with zero attached hydrogens (tertiary/aromatic N) is 1. The van der Waals surface area contributed by atoms with Gasteiger partial charge in [-0.15, -0.1) is 0 Å². The summed E-state index contributed by atoms with van der Waals surface area (Å²) >= 11 is 0. The van der Waals surface area contributed by atoms with Crippen molar-refractivity contribution < 1.29 is 29.0 Å². The number of likely N-dealkylation sites (tertiary alicyclic amines) is 1. The standard InChI is InChI=1S/C23H34N2O6/c1-22(2,3)31-21(29)24-14-7-6-8-18(19(27)30-5)25-15-13-23(4,20(25)28)16-9-11-17(26)12-10-16/h9-12,18,26H,6-8,13-15H2,1-5H3,(H,24,29)/t18-,23+/m1/s1. The summed E-state index contributed by atoms with van der Waals surface area (Å²) in [6.45, 7) is 8.13. The molecule has 31 heavy (non-hydrogen) atoms. The molecule has 2 rings (SSSR count). The highest BCUT2D eigenvalue weighted by Gasteiger charge is 2.47. The van der Waals surface area contributed by atoms with Crippen molar-refractivity contribution in [3.8, 4) is 5.75 Å². The van der Waals surface area contributed by atoms with Gasteiger partial charge in [0, 0.05) is 13.1 Å². The van der Waals surface area contributed by atoms with Gasteiger partial charge >= 0.3 is 12.1 Å². The summed E-state index contributed by atoms with van der Waals surface area (Å²) in [5, 5.41) is 12.2. The van der Waals surface area contributed by atoms with Crippen LogP contribution in [0.25, 0.3) is 0 Å². The quantitative estimate of drug-likeness (QED) is 0.481. The van der Waals surface area contributed by atoms with Crippen LogP contribution in [0.3, 0.4) is 0 Å². The van der Waals surface area contributed by atoms with E-state index in [1.807, 2.05) is 6.92 Å². The van der Waals surface area contributed by atoms with E-state index in [0.717, 1.165) is 5.56 Å². The molecule has 0 aromatic heterocycles. The van der Waals surface area contributed by atoms with Crippen molar-refractivity contribution in [2.24, 2.45) is 0 Å². The van der Waals surface area contributed by atoms with Crippen LogP contribution in [-0.2, 0) is 24.5 Å². The van der Waals surface area contributed by atoms with E-state index in [0.29, 0.717) is 38.8 Å². The van der Waals surface area contributed by atoms with Crippen LogP contribution in [-0.4, -0.2) is 59.8 Å². The van der Waals surface area contributed by atoms with Crippen molar-refractivity contribution in [1.29, 1.82) is 0 Å². The molecule has 1 aliphatic heterocycles. The van der Waals surface area contributed by atoms with Crippen LogP contribution < -0.4 is 5.32 Å². The van der Waals surface area contributed by atoms with Crippen LogP contribution >= 0.6 is 0 Å². The van der Waals surface area contributed by atoms with Crippen molar-refractivity contribution in [3.05, 3.63) is 29.8 Å². The molecule has 2 amide bonds. The highest BCUT2D eigenvalue weighted by Crippen LogP contribution is 2.37. The third-order valence-corrected chi connectivity index (χ3v) is 5.51. The Morgan fingerprint density at radius 1 is 1.23 bits per heavy atom. The Kier molecular flexibility index (Phi) is 7.92. The lowest BCUT2D eigenvalue weighted by Crippen LogP contribution is -2.46. The first-order valence-corrected chi connectivity index (χ1v) is 10.6. The molecule has 0 unspecified atom stereocenters. The molecule has 2 atom stereocenters. The van der Waals surface area contributed by atoms with E-state index in [1.54, 1.807) is 49.9 Å². The van der Waals surface area contributed by atoms with Crippen molar-refractivity contribution >= 4 is 18.0 Å². The first-order chi connectivity index (χ1) is 14.5. The van der Waals surface area contributed by atoms with Gasteiger partial charge in [-0.2, -0.15) is 0 Å². The summed E-state index contributed by atoms with van der Waals surface area (Å²) in [7, 11) is 1.32. The van der Waals surface area contributed by atoms with E-state index in [9.17, 15) is 19.5 Å². The normalized spacial score (nSPS) is 19.8. The maximum Gasteiger partial charge on any atom is 0.407 e. The van der Waals surface area contributed by atoms with E-state index in [2.05, 4.69) is 5.32 Å². The minimum absolute atomic E-state index is 0.125. The summed E-state index contributed by atoms with van der Waals surface area (Å²) in [6.07, 6.45) is 1.82. The molecule has 1 aliphatic rings. The van der Waals surface area contributed by atoms with Crippen LogP contribution in [0.1, 0.15) is 58.9 Å². The lowest BCUT2D eigenvalue weighted by atomic mass is 9.81. The molecule has 0 aliphatic carbocycles. The Morgan fingerprint density at radius 2 is 1.87 bits per heavy atom. The molecule has 0 saturated carbocycles.